The fourth-order valence-electron chi connectivity index (χ4n) is 0.509. The van der Waals surface area contributed by atoms with Crippen molar-refractivity contribution in [3.8, 4) is 0 Å². The first-order chi connectivity index (χ1) is 5.37. The highest BCUT2D eigenvalue weighted by Crippen LogP contribution is 1.98. The average molecular weight is 178 g/mol. The Morgan fingerprint density at radius 1 is 0.917 bits per heavy atom. The first-order valence-electron chi connectivity index (χ1n) is 3.00. The topological polar surface area (TPSA) is 147 Å². The number of hydrogen-bond acceptors (Lipinski definition) is 5. The summed E-state index contributed by atoms with van der Waals surface area (Å²) in [5.41, 5.74) is 9.13. The summed E-state index contributed by atoms with van der Waals surface area (Å²) in [5.74, 6) is -2.49. The molecule has 0 saturated carbocycles. The summed E-state index contributed by atoms with van der Waals surface area (Å²) in [6.07, 6.45) is -6.00. The lowest BCUT2D eigenvalue weighted by atomic mass is 10.1. The molecule has 0 bridgehead atoms. The van der Waals surface area contributed by atoms with Crippen LogP contribution in [-0.4, -0.2) is 45.4 Å². The quantitative estimate of drug-likeness (QED) is 0.298. The van der Waals surface area contributed by atoms with Crippen molar-refractivity contribution in [2.75, 3.05) is 0 Å². The first-order valence-corrected chi connectivity index (χ1v) is 3.00. The maximum absolute atomic E-state index is 10.2. The summed E-state index contributed by atoms with van der Waals surface area (Å²) in [7, 11) is 0. The Morgan fingerprint density at radius 3 is 1.33 bits per heavy atom. The molecule has 0 aromatic carbocycles. The first kappa shape index (κ1) is 10.8. The van der Waals surface area contributed by atoms with E-state index in [1.54, 1.807) is 0 Å². The zero-order valence-electron chi connectivity index (χ0n) is 6.04. The van der Waals surface area contributed by atoms with Crippen molar-refractivity contribution < 1.29 is 24.9 Å². The molecule has 0 saturated heterocycles. The predicted octanol–water partition coefficient (Wildman–Crippen LogP) is -3.96. The second kappa shape index (κ2) is 4.00. The van der Waals surface area contributed by atoms with E-state index in [1.807, 2.05) is 0 Å². The van der Waals surface area contributed by atoms with Crippen molar-refractivity contribution in [3.05, 3.63) is 0 Å². The lowest BCUT2D eigenvalue weighted by Gasteiger charge is -2.17. The molecule has 2 amide bonds. The van der Waals surface area contributed by atoms with Crippen molar-refractivity contribution in [1.82, 2.24) is 0 Å². The van der Waals surface area contributed by atoms with Gasteiger partial charge in [0, 0.05) is 0 Å². The lowest BCUT2D eigenvalue weighted by molar-refractivity contribution is -0.145. The molecule has 3 atom stereocenters. The molecular formula is C5H10N2O5. The largest absolute Gasteiger partial charge is 0.387 e. The summed E-state index contributed by atoms with van der Waals surface area (Å²) in [6.45, 7) is 0. The van der Waals surface area contributed by atoms with Gasteiger partial charge in [0.1, 0.15) is 6.10 Å². The van der Waals surface area contributed by atoms with Gasteiger partial charge < -0.3 is 26.8 Å². The molecule has 7 heteroatoms. The summed E-state index contributed by atoms with van der Waals surface area (Å²) < 4.78 is 0. The van der Waals surface area contributed by atoms with Gasteiger partial charge in [0.05, 0.1) is 0 Å². The maximum Gasteiger partial charge on any atom is 0.249 e. The number of carbonyl (C=O) groups excluding carboxylic acids is 2. The van der Waals surface area contributed by atoms with E-state index in [-0.39, 0.29) is 0 Å². The fraction of sp³-hybridized carbons (Fsp3) is 0.600. The average Bonchev–Trinajstić information content (AvgIpc) is 2.00. The van der Waals surface area contributed by atoms with Crippen LogP contribution >= 0.6 is 0 Å². The van der Waals surface area contributed by atoms with E-state index < -0.39 is 30.1 Å². The molecule has 12 heavy (non-hydrogen) atoms. The summed E-state index contributed by atoms with van der Waals surface area (Å²) in [4.78, 5) is 20.4. The van der Waals surface area contributed by atoms with Gasteiger partial charge in [-0.05, 0) is 0 Å². The molecule has 70 valence electrons. The van der Waals surface area contributed by atoms with Crippen LogP contribution in [-0.2, 0) is 9.59 Å². The van der Waals surface area contributed by atoms with E-state index in [0.29, 0.717) is 0 Å². The highest BCUT2D eigenvalue weighted by molar-refractivity contribution is 5.83. The number of carbonyl (C=O) groups is 2. The van der Waals surface area contributed by atoms with Crippen LogP contribution < -0.4 is 11.5 Å². The Balaban J connectivity index is 4.28. The number of aliphatic hydroxyl groups is 3. The molecule has 1 unspecified atom stereocenters. The second-order valence-corrected chi connectivity index (χ2v) is 2.19. The summed E-state index contributed by atoms with van der Waals surface area (Å²) in [5, 5.41) is 26.3. The van der Waals surface area contributed by atoms with E-state index >= 15 is 0 Å². The Bertz CT molecular complexity index is 174. The Hall–Kier alpha value is -1.18. The number of amides is 2. The van der Waals surface area contributed by atoms with Gasteiger partial charge in [0.2, 0.25) is 11.8 Å². The van der Waals surface area contributed by atoms with Gasteiger partial charge in [-0.2, -0.15) is 0 Å². The highest BCUT2D eigenvalue weighted by atomic mass is 16.4. The maximum atomic E-state index is 10.2. The second-order valence-electron chi connectivity index (χ2n) is 2.19. The minimum Gasteiger partial charge on any atom is -0.387 e. The number of primary amides is 2. The van der Waals surface area contributed by atoms with E-state index in [0.717, 1.165) is 0 Å². The van der Waals surface area contributed by atoms with Gasteiger partial charge in [-0.15, -0.1) is 0 Å². The minimum atomic E-state index is -2.01. The van der Waals surface area contributed by atoms with Crippen molar-refractivity contribution in [2.45, 2.75) is 18.3 Å². The third-order valence-corrected chi connectivity index (χ3v) is 1.23. The van der Waals surface area contributed by atoms with Gasteiger partial charge in [0.15, 0.2) is 12.2 Å². The standard InChI is InChI=1S/C5H10N2O5/c6-4(11)2(9)1(8)3(10)5(7)12/h1-3,8-10H,(H2,6,11)(H2,7,12)/t1?,2-,3+. The number of aliphatic hydroxyl groups excluding tert-OH is 3. The molecule has 0 spiro atoms. The zero-order chi connectivity index (χ0) is 9.89. The van der Waals surface area contributed by atoms with Gasteiger partial charge >= 0.3 is 0 Å². The minimum absolute atomic E-state index is 1.25. The summed E-state index contributed by atoms with van der Waals surface area (Å²) >= 11 is 0. The van der Waals surface area contributed by atoms with Crippen molar-refractivity contribution in [1.29, 1.82) is 0 Å². The Kier molecular flexibility index (Phi) is 3.61. The van der Waals surface area contributed by atoms with Crippen LogP contribution in [0.15, 0.2) is 0 Å². The van der Waals surface area contributed by atoms with E-state index in [4.69, 9.17) is 15.3 Å². The van der Waals surface area contributed by atoms with E-state index in [2.05, 4.69) is 11.5 Å². The normalized spacial score (nSPS) is 17.9. The zero-order valence-corrected chi connectivity index (χ0v) is 6.04. The summed E-state index contributed by atoms with van der Waals surface area (Å²) in [6, 6.07) is 0. The SMILES string of the molecule is NC(=O)[C@@H](O)C(O)[C@@H](O)C(N)=O. The molecule has 0 fully saturated rings. The van der Waals surface area contributed by atoms with Crippen LogP contribution in [0.1, 0.15) is 0 Å². The Morgan fingerprint density at radius 2 is 1.17 bits per heavy atom. The molecule has 7 nitrogen and oxygen atoms in total. The number of rotatable bonds is 4. The molecule has 0 heterocycles. The number of hydrogen-bond donors (Lipinski definition) is 5. The van der Waals surface area contributed by atoms with Crippen molar-refractivity contribution in [3.63, 3.8) is 0 Å². The van der Waals surface area contributed by atoms with Gasteiger partial charge in [-0.3, -0.25) is 9.59 Å². The highest BCUT2D eigenvalue weighted by Gasteiger charge is 2.31. The van der Waals surface area contributed by atoms with Gasteiger partial charge in [-0.1, -0.05) is 0 Å². The monoisotopic (exact) mass is 178 g/mol. The lowest BCUT2D eigenvalue weighted by Crippen LogP contribution is -2.50. The molecule has 7 N–H and O–H groups in total. The molecule has 0 rings (SSSR count). The molecule has 0 aromatic heterocycles. The van der Waals surface area contributed by atoms with Crippen LogP contribution in [0, 0.1) is 0 Å². The van der Waals surface area contributed by atoms with Crippen LogP contribution in [0.2, 0.25) is 0 Å². The molecule has 0 aromatic rings. The van der Waals surface area contributed by atoms with Crippen LogP contribution in [0.3, 0.4) is 0 Å². The van der Waals surface area contributed by atoms with Crippen LogP contribution in [0.4, 0.5) is 0 Å². The third-order valence-electron chi connectivity index (χ3n) is 1.23. The third kappa shape index (κ3) is 2.46. The van der Waals surface area contributed by atoms with Crippen LogP contribution in [0.25, 0.3) is 0 Å². The van der Waals surface area contributed by atoms with Crippen molar-refractivity contribution in [2.24, 2.45) is 11.5 Å². The molecular weight excluding hydrogens is 168 g/mol. The van der Waals surface area contributed by atoms with Gasteiger partial charge in [0.25, 0.3) is 0 Å². The van der Waals surface area contributed by atoms with E-state index in [9.17, 15) is 9.59 Å². The molecule has 0 aliphatic carbocycles. The fourth-order valence-corrected chi connectivity index (χ4v) is 0.509. The van der Waals surface area contributed by atoms with E-state index in [1.165, 1.54) is 0 Å². The van der Waals surface area contributed by atoms with Gasteiger partial charge in [-0.25, -0.2) is 0 Å². The molecule has 0 radical (unpaired) electrons. The van der Waals surface area contributed by atoms with Crippen LogP contribution in [0.5, 0.6) is 0 Å². The number of nitrogens with two attached hydrogens (primary N) is 2. The molecule has 0 aliphatic heterocycles. The smallest absolute Gasteiger partial charge is 0.249 e. The molecule has 0 aliphatic rings. The predicted molar refractivity (Wildman–Crippen MR) is 36.4 cm³/mol. The van der Waals surface area contributed by atoms with Crippen molar-refractivity contribution >= 4 is 11.8 Å². The Labute approximate surface area is 67.6 Å².